The fraction of sp³-hybridized carbons (Fsp3) is 0.409. The zero-order valence-electron chi connectivity index (χ0n) is 16.4. The van der Waals surface area contributed by atoms with E-state index in [2.05, 4.69) is 15.5 Å². The van der Waals surface area contributed by atoms with Crippen LogP contribution >= 0.6 is 0 Å². The topological polar surface area (TPSA) is 81.2 Å². The maximum Gasteiger partial charge on any atom is 0.223 e. The minimum Gasteiger partial charge on any atom is -0.461 e. The number of hydrogen-bond acceptors (Lipinski definition) is 5. The Bertz CT molecular complexity index is 989. The molecule has 29 heavy (non-hydrogen) atoms. The van der Waals surface area contributed by atoms with E-state index >= 15 is 0 Å². The van der Waals surface area contributed by atoms with Crippen molar-refractivity contribution in [1.82, 2.24) is 15.5 Å². The average Bonchev–Trinajstić information content (AvgIpc) is 3.37. The quantitative estimate of drug-likeness (QED) is 0.653. The number of nitrogens with zero attached hydrogens (tertiary/aromatic N) is 2. The lowest BCUT2D eigenvalue weighted by molar-refractivity contribution is -0.123. The predicted octanol–water partition coefficient (Wildman–Crippen LogP) is 4.69. The first-order valence-corrected chi connectivity index (χ1v) is 10.0. The first-order valence-electron chi connectivity index (χ1n) is 10.0. The number of aromatic nitrogens is 2. The molecule has 0 bridgehead atoms. The number of furan rings is 1. The summed E-state index contributed by atoms with van der Waals surface area (Å²) in [6, 6.07) is 9.99. The summed E-state index contributed by atoms with van der Waals surface area (Å²) in [6.45, 7) is 1.75. The van der Waals surface area contributed by atoms with E-state index in [4.69, 9.17) is 8.94 Å². The molecule has 1 aliphatic rings. The number of rotatable bonds is 6. The van der Waals surface area contributed by atoms with Gasteiger partial charge in [0.05, 0.1) is 5.56 Å². The average molecular weight is 397 g/mol. The summed E-state index contributed by atoms with van der Waals surface area (Å²) in [4.78, 5) is 17.1. The van der Waals surface area contributed by atoms with Crippen molar-refractivity contribution in [3.63, 3.8) is 0 Å². The Morgan fingerprint density at radius 2 is 1.97 bits per heavy atom. The molecule has 0 atom stereocenters. The van der Waals surface area contributed by atoms with E-state index in [-0.39, 0.29) is 18.1 Å². The first-order chi connectivity index (χ1) is 14.1. The van der Waals surface area contributed by atoms with Crippen LogP contribution in [-0.2, 0) is 16.8 Å². The number of aryl methyl sites for hydroxylation is 2. The molecule has 0 radical (unpaired) electrons. The first kappa shape index (κ1) is 19.4. The molecule has 0 saturated heterocycles. The molecular weight excluding hydrogens is 373 g/mol. The minimum absolute atomic E-state index is 0.0850. The van der Waals surface area contributed by atoms with Gasteiger partial charge in [-0.2, -0.15) is 4.98 Å². The summed E-state index contributed by atoms with van der Waals surface area (Å²) in [5.74, 6) is 1.74. The normalized spacial score (nSPS) is 15.9. The largest absolute Gasteiger partial charge is 0.461 e. The number of amides is 1. The third-order valence-electron chi connectivity index (χ3n) is 5.44. The number of benzene rings is 1. The van der Waals surface area contributed by atoms with Gasteiger partial charge in [-0.15, -0.1) is 0 Å². The van der Waals surface area contributed by atoms with E-state index in [1.54, 1.807) is 37.3 Å². The molecule has 6 nitrogen and oxygen atoms in total. The highest BCUT2D eigenvalue weighted by Gasteiger charge is 2.39. The van der Waals surface area contributed by atoms with E-state index < -0.39 is 5.54 Å². The van der Waals surface area contributed by atoms with Crippen molar-refractivity contribution in [2.75, 3.05) is 0 Å². The van der Waals surface area contributed by atoms with Crippen LogP contribution in [0.4, 0.5) is 4.39 Å². The fourth-order valence-electron chi connectivity index (χ4n) is 3.94. The van der Waals surface area contributed by atoms with Gasteiger partial charge in [0.1, 0.15) is 22.9 Å². The van der Waals surface area contributed by atoms with Crippen LogP contribution in [0, 0.1) is 12.7 Å². The summed E-state index contributed by atoms with van der Waals surface area (Å²) >= 11 is 0. The van der Waals surface area contributed by atoms with Gasteiger partial charge in [0.25, 0.3) is 0 Å². The van der Waals surface area contributed by atoms with Gasteiger partial charge in [-0.05, 0) is 37.1 Å². The highest BCUT2D eigenvalue weighted by molar-refractivity contribution is 5.77. The van der Waals surface area contributed by atoms with Gasteiger partial charge in [0.2, 0.25) is 11.8 Å². The number of halogens is 1. The third-order valence-corrected chi connectivity index (χ3v) is 5.44. The lowest BCUT2D eigenvalue weighted by atomic mass is 9.81. The second kappa shape index (κ2) is 8.19. The molecule has 2 aromatic heterocycles. The van der Waals surface area contributed by atoms with Crippen LogP contribution in [0.1, 0.15) is 56.0 Å². The van der Waals surface area contributed by atoms with Crippen LogP contribution in [0.25, 0.3) is 11.3 Å². The summed E-state index contributed by atoms with van der Waals surface area (Å²) < 4.78 is 24.8. The lowest BCUT2D eigenvalue weighted by Gasteiger charge is -2.35. The number of hydrogen-bond donors (Lipinski definition) is 1. The molecule has 0 spiro atoms. The molecule has 1 aliphatic carbocycles. The molecule has 3 aromatic rings. The zero-order valence-corrected chi connectivity index (χ0v) is 16.4. The second-order valence-electron chi connectivity index (χ2n) is 7.57. The van der Waals surface area contributed by atoms with Crippen LogP contribution in [0.3, 0.4) is 0 Å². The van der Waals surface area contributed by atoms with Gasteiger partial charge in [0.15, 0.2) is 5.82 Å². The maximum atomic E-state index is 13.9. The highest BCUT2D eigenvalue weighted by Crippen LogP contribution is 2.36. The summed E-state index contributed by atoms with van der Waals surface area (Å²) in [7, 11) is 0. The molecule has 0 aliphatic heterocycles. The predicted molar refractivity (Wildman–Crippen MR) is 104 cm³/mol. The lowest BCUT2D eigenvalue weighted by Crippen LogP contribution is -2.48. The van der Waals surface area contributed by atoms with Crippen molar-refractivity contribution >= 4 is 5.91 Å². The van der Waals surface area contributed by atoms with Crippen LogP contribution in [-0.4, -0.2) is 16.0 Å². The smallest absolute Gasteiger partial charge is 0.223 e. The Balaban J connectivity index is 1.41. The van der Waals surface area contributed by atoms with Crippen molar-refractivity contribution in [2.45, 2.75) is 57.4 Å². The van der Waals surface area contributed by atoms with E-state index in [9.17, 15) is 9.18 Å². The number of carbonyl (C=O) groups excluding carboxylic acids is 1. The Hall–Kier alpha value is -2.96. The van der Waals surface area contributed by atoms with Gasteiger partial charge >= 0.3 is 0 Å². The van der Waals surface area contributed by atoms with E-state index in [0.29, 0.717) is 35.2 Å². The van der Waals surface area contributed by atoms with Crippen LogP contribution < -0.4 is 5.32 Å². The van der Waals surface area contributed by atoms with Crippen LogP contribution in [0.5, 0.6) is 0 Å². The van der Waals surface area contributed by atoms with Crippen molar-refractivity contribution < 1.29 is 18.1 Å². The summed E-state index contributed by atoms with van der Waals surface area (Å²) in [5, 5.41) is 7.23. The van der Waals surface area contributed by atoms with Crippen molar-refractivity contribution in [3.8, 4) is 11.3 Å². The molecule has 4 rings (SSSR count). The molecule has 0 unspecified atom stereocenters. The van der Waals surface area contributed by atoms with Gasteiger partial charge in [0, 0.05) is 19.8 Å². The van der Waals surface area contributed by atoms with Gasteiger partial charge in [-0.1, -0.05) is 36.6 Å². The van der Waals surface area contributed by atoms with Gasteiger partial charge in [-0.25, -0.2) is 4.39 Å². The van der Waals surface area contributed by atoms with Crippen molar-refractivity contribution in [2.24, 2.45) is 0 Å². The molecule has 2 heterocycles. The summed E-state index contributed by atoms with van der Waals surface area (Å²) in [6.07, 6.45) is 5.46. The monoisotopic (exact) mass is 397 g/mol. The van der Waals surface area contributed by atoms with Crippen molar-refractivity contribution in [3.05, 3.63) is 59.7 Å². The van der Waals surface area contributed by atoms with Crippen LogP contribution in [0.15, 0.2) is 45.3 Å². The Labute approximate surface area is 168 Å². The number of carbonyl (C=O) groups is 1. The molecule has 1 amide bonds. The van der Waals surface area contributed by atoms with Crippen LogP contribution in [0.2, 0.25) is 0 Å². The molecule has 1 saturated carbocycles. The van der Waals surface area contributed by atoms with Gasteiger partial charge in [-0.3, -0.25) is 4.79 Å². The molecular formula is C22H24FN3O3. The second-order valence-corrected chi connectivity index (χ2v) is 7.57. The standard InChI is InChI=1S/C22H24FN3O3/c1-15-24-21(26-29-15)22(13-5-2-6-14-22)25-20(27)12-10-16-9-11-19(28-16)17-7-3-4-8-18(17)23/h3-4,7-9,11H,2,5-6,10,12-14H2,1H3,(H,25,27). The SMILES string of the molecule is Cc1nc(C2(NC(=O)CCc3ccc(-c4ccccc4F)o3)CCCCC2)no1. The van der Waals surface area contributed by atoms with E-state index in [1.807, 2.05) is 0 Å². The Morgan fingerprint density at radius 3 is 2.69 bits per heavy atom. The van der Waals surface area contributed by atoms with E-state index in [1.165, 1.54) is 6.07 Å². The molecule has 152 valence electrons. The highest BCUT2D eigenvalue weighted by atomic mass is 19.1. The maximum absolute atomic E-state index is 13.9. The third kappa shape index (κ3) is 4.23. The molecule has 1 aromatic carbocycles. The Morgan fingerprint density at radius 1 is 1.17 bits per heavy atom. The minimum atomic E-state index is -0.561. The molecule has 1 N–H and O–H groups in total. The fourth-order valence-corrected chi connectivity index (χ4v) is 3.94. The van der Waals surface area contributed by atoms with Gasteiger partial charge < -0.3 is 14.3 Å². The van der Waals surface area contributed by atoms with Crippen molar-refractivity contribution in [1.29, 1.82) is 0 Å². The number of nitrogens with one attached hydrogen (secondary N) is 1. The Kier molecular flexibility index (Phi) is 5.47. The molecule has 7 heteroatoms. The zero-order chi connectivity index (χ0) is 20.3. The van der Waals surface area contributed by atoms with E-state index in [0.717, 1.165) is 32.1 Å². The molecule has 1 fully saturated rings. The summed E-state index contributed by atoms with van der Waals surface area (Å²) in [5.41, 5.74) is -0.147.